The molecule has 6 heteroatoms. The van der Waals surface area contributed by atoms with Crippen LogP contribution < -0.4 is 10.6 Å². The lowest BCUT2D eigenvalue weighted by atomic mass is 10.1. The molecule has 2 rings (SSSR count). The average molecular weight is 341 g/mol. The molecule has 25 heavy (non-hydrogen) atoms. The van der Waals surface area contributed by atoms with E-state index in [4.69, 9.17) is 4.74 Å². The zero-order chi connectivity index (χ0) is 18.3. The van der Waals surface area contributed by atoms with Crippen LogP contribution in [0, 0.1) is 0 Å². The Morgan fingerprint density at radius 3 is 2.52 bits per heavy atom. The quantitative estimate of drug-likeness (QED) is 0.871. The fraction of sp³-hybridized carbons (Fsp3) is 0.316. The Morgan fingerprint density at radius 2 is 1.84 bits per heavy atom. The van der Waals surface area contributed by atoms with Gasteiger partial charge in [-0.05, 0) is 32.4 Å². The van der Waals surface area contributed by atoms with Crippen molar-refractivity contribution in [3.8, 4) is 11.1 Å². The molecular formula is C19H23N3O3. The lowest BCUT2D eigenvalue weighted by molar-refractivity contribution is -0.116. The molecule has 0 aliphatic rings. The number of alkyl carbamates (subject to hydrolysis) is 1. The SMILES string of the molecule is CC(C)(C)OC(=O)NCCC(=O)Nc1cnccc1-c1ccccc1. The number of amides is 2. The standard InChI is InChI=1S/C19H23N3O3/c1-19(2,3)25-18(24)21-12-10-17(23)22-16-13-20-11-9-15(16)14-7-5-4-6-8-14/h4-9,11,13H,10,12H2,1-3H3,(H,21,24)(H,22,23). The van der Waals surface area contributed by atoms with Crippen LogP contribution in [-0.2, 0) is 9.53 Å². The van der Waals surface area contributed by atoms with Gasteiger partial charge in [-0.2, -0.15) is 0 Å². The molecule has 1 heterocycles. The van der Waals surface area contributed by atoms with Crippen molar-refractivity contribution in [2.75, 3.05) is 11.9 Å². The van der Waals surface area contributed by atoms with E-state index in [1.165, 1.54) is 0 Å². The van der Waals surface area contributed by atoms with E-state index in [0.717, 1.165) is 11.1 Å². The van der Waals surface area contributed by atoms with Crippen molar-refractivity contribution in [3.63, 3.8) is 0 Å². The van der Waals surface area contributed by atoms with Crippen LogP contribution in [-0.4, -0.2) is 29.1 Å². The molecule has 132 valence electrons. The lowest BCUT2D eigenvalue weighted by Crippen LogP contribution is -2.34. The fourth-order valence-corrected chi connectivity index (χ4v) is 2.17. The van der Waals surface area contributed by atoms with Gasteiger partial charge in [-0.3, -0.25) is 9.78 Å². The van der Waals surface area contributed by atoms with Gasteiger partial charge in [0.05, 0.1) is 11.9 Å². The smallest absolute Gasteiger partial charge is 0.407 e. The van der Waals surface area contributed by atoms with E-state index in [-0.39, 0.29) is 18.9 Å². The van der Waals surface area contributed by atoms with Gasteiger partial charge in [0.15, 0.2) is 0 Å². The summed E-state index contributed by atoms with van der Waals surface area (Å²) in [7, 11) is 0. The summed E-state index contributed by atoms with van der Waals surface area (Å²) in [5.41, 5.74) is 1.96. The molecule has 0 unspecified atom stereocenters. The third kappa shape index (κ3) is 6.25. The molecule has 2 aromatic rings. The van der Waals surface area contributed by atoms with Crippen LogP contribution in [0.25, 0.3) is 11.1 Å². The van der Waals surface area contributed by atoms with Gasteiger partial charge in [0.1, 0.15) is 5.60 Å². The molecule has 2 amide bonds. The number of hydrogen-bond acceptors (Lipinski definition) is 4. The fourth-order valence-electron chi connectivity index (χ4n) is 2.17. The molecule has 0 saturated heterocycles. The van der Waals surface area contributed by atoms with Crippen molar-refractivity contribution in [3.05, 3.63) is 48.8 Å². The molecular weight excluding hydrogens is 318 g/mol. The number of hydrogen-bond donors (Lipinski definition) is 2. The molecule has 1 aromatic carbocycles. The number of carbonyl (C=O) groups is 2. The molecule has 0 fully saturated rings. The van der Waals surface area contributed by atoms with Gasteiger partial charge < -0.3 is 15.4 Å². The predicted octanol–water partition coefficient (Wildman–Crippen LogP) is 3.60. The summed E-state index contributed by atoms with van der Waals surface area (Å²) in [4.78, 5) is 27.8. The number of aromatic nitrogens is 1. The summed E-state index contributed by atoms with van der Waals surface area (Å²) in [6.45, 7) is 5.55. The Labute approximate surface area is 147 Å². The average Bonchev–Trinajstić information content (AvgIpc) is 2.54. The van der Waals surface area contributed by atoms with Crippen molar-refractivity contribution in [2.24, 2.45) is 0 Å². The molecule has 6 nitrogen and oxygen atoms in total. The zero-order valence-electron chi connectivity index (χ0n) is 14.7. The minimum Gasteiger partial charge on any atom is -0.444 e. The third-order valence-electron chi connectivity index (χ3n) is 3.20. The highest BCUT2D eigenvalue weighted by molar-refractivity contribution is 5.95. The third-order valence-corrected chi connectivity index (χ3v) is 3.20. The van der Waals surface area contributed by atoms with E-state index in [1.807, 2.05) is 36.4 Å². The monoisotopic (exact) mass is 341 g/mol. The lowest BCUT2D eigenvalue weighted by Gasteiger charge is -2.19. The molecule has 2 N–H and O–H groups in total. The second-order valence-corrected chi connectivity index (χ2v) is 6.51. The molecule has 0 radical (unpaired) electrons. The van der Waals surface area contributed by atoms with Crippen molar-refractivity contribution >= 4 is 17.7 Å². The van der Waals surface area contributed by atoms with Crippen molar-refractivity contribution in [2.45, 2.75) is 32.8 Å². The molecule has 0 aliphatic carbocycles. The van der Waals surface area contributed by atoms with E-state index >= 15 is 0 Å². The number of carbonyl (C=O) groups excluding carboxylic acids is 2. The van der Waals surface area contributed by atoms with Crippen LogP contribution in [0.1, 0.15) is 27.2 Å². The van der Waals surface area contributed by atoms with Gasteiger partial charge in [-0.15, -0.1) is 0 Å². The van der Waals surface area contributed by atoms with E-state index in [1.54, 1.807) is 33.2 Å². The molecule has 0 atom stereocenters. The number of ether oxygens (including phenoxy) is 1. The maximum absolute atomic E-state index is 12.1. The zero-order valence-corrected chi connectivity index (χ0v) is 14.7. The number of benzene rings is 1. The van der Waals surface area contributed by atoms with Gasteiger partial charge in [0.2, 0.25) is 5.91 Å². The number of pyridine rings is 1. The van der Waals surface area contributed by atoms with E-state index < -0.39 is 11.7 Å². The Kier molecular flexibility index (Phi) is 6.11. The number of anilines is 1. The summed E-state index contributed by atoms with van der Waals surface area (Å²) in [6, 6.07) is 11.6. The second-order valence-electron chi connectivity index (χ2n) is 6.51. The van der Waals surface area contributed by atoms with Crippen molar-refractivity contribution in [1.29, 1.82) is 0 Å². The normalized spacial score (nSPS) is 10.8. The predicted molar refractivity (Wildman–Crippen MR) is 97.2 cm³/mol. The Hall–Kier alpha value is -2.89. The van der Waals surface area contributed by atoms with Crippen molar-refractivity contribution < 1.29 is 14.3 Å². The van der Waals surface area contributed by atoms with E-state index in [9.17, 15) is 9.59 Å². The Bertz CT molecular complexity index is 724. The first-order valence-corrected chi connectivity index (χ1v) is 8.11. The van der Waals surface area contributed by atoms with Crippen LogP contribution in [0.3, 0.4) is 0 Å². The number of nitrogens with zero attached hydrogens (tertiary/aromatic N) is 1. The largest absolute Gasteiger partial charge is 0.444 e. The highest BCUT2D eigenvalue weighted by Crippen LogP contribution is 2.26. The van der Waals surface area contributed by atoms with Crippen LogP contribution in [0.4, 0.5) is 10.5 Å². The number of rotatable bonds is 5. The van der Waals surface area contributed by atoms with Crippen molar-refractivity contribution in [1.82, 2.24) is 10.3 Å². The minimum absolute atomic E-state index is 0.141. The van der Waals surface area contributed by atoms with Crippen LogP contribution in [0.5, 0.6) is 0 Å². The first-order chi connectivity index (χ1) is 11.8. The Balaban J connectivity index is 1.90. The summed E-state index contributed by atoms with van der Waals surface area (Å²) >= 11 is 0. The summed E-state index contributed by atoms with van der Waals surface area (Å²) in [6.07, 6.45) is 2.90. The van der Waals surface area contributed by atoms with Crippen LogP contribution >= 0.6 is 0 Å². The van der Waals surface area contributed by atoms with Gasteiger partial charge in [0.25, 0.3) is 0 Å². The van der Waals surface area contributed by atoms with Gasteiger partial charge in [-0.25, -0.2) is 4.79 Å². The maximum Gasteiger partial charge on any atom is 0.407 e. The second kappa shape index (κ2) is 8.28. The van der Waals surface area contributed by atoms with E-state index in [2.05, 4.69) is 15.6 Å². The van der Waals surface area contributed by atoms with Crippen LogP contribution in [0.2, 0.25) is 0 Å². The minimum atomic E-state index is -0.563. The number of nitrogens with one attached hydrogen (secondary N) is 2. The van der Waals surface area contributed by atoms with Crippen LogP contribution in [0.15, 0.2) is 48.8 Å². The van der Waals surface area contributed by atoms with E-state index in [0.29, 0.717) is 5.69 Å². The molecule has 0 saturated carbocycles. The topological polar surface area (TPSA) is 80.3 Å². The summed E-state index contributed by atoms with van der Waals surface area (Å²) < 4.78 is 5.12. The molecule has 0 bridgehead atoms. The first kappa shape index (κ1) is 18.4. The first-order valence-electron chi connectivity index (χ1n) is 8.11. The highest BCUT2D eigenvalue weighted by atomic mass is 16.6. The molecule has 0 spiro atoms. The molecule has 1 aromatic heterocycles. The summed E-state index contributed by atoms with van der Waals surface area (Å²) in [5.74, 6) is -0.207. The van der Waals surface area contributed by atoms with Gasteiger partial charge in [0, 0.05) is 24.7 Å². The Morgan fingerprint density at radius 1 is 1.12 bits per heavy atom. The summed E-state index contributed by atoms with van der Waals surface area (Å²) in [5, 5.41) is 5.40. The van der Waals surface area contributed by atoms with Gasteiger partial charge >= 0.3 is 6.09 Å². The maximum atomic E-state index is 12.1. The van der Waals surface area contributed by atoms with Gasteiger partial charge in [-0.1, -0.05) is 30.3 Å². The highest BCUT2D eigenvalue weighted by Gasteiger charge is 2.16. The molecule has 0 aliphatic heterocycles.